The molecule has 3 nitrogen and oxygen atoms in total. The van der Waals surface area contributed by atoms with Crippen LogP contribution in [0.1, 0.15) is 24.2 Å². The van der Waals surface area contributed by atoms with Gasteiger partial charge in [-0.15, -0.1) is 0 Å². The average Bonchev–Trinajstić information content (AvgIpc) is 2.41. The summed E-state index contributed by atoms with van der Waals surface area (Å²) in [5.74, 6) is -0.529. The average molecular weight is 258 g/mol. The number of amidine groups is 1. The summed E-state index contributed by atoms with van der Waals surface area (Å²) in [7, 11) is 0. The Hall–Kier alpha value is -2.36. The van der Waals surface area contributed by atoms with Crippen molar-refractivity contribution in [2.75, 3.05) is 0 Å². The van der Waals surface area contributed by atoms with E-state index in [1.807, 2.05) is 37.3 Å². The van der Waals surface area contributed by atoms with E-state index in [1.165, 1.54) is 12.1 Å². The Kier molecular flexibility index (Phi) is 3.80. The van der Waals surface area contributed by atoms with Gasteiger partial charge in [-0.2, -0.15) is 0 Å². The lowest BCUT2D eigenvalue weighted by molar-refractivity contribution is 0.216. The highest BCUT2D eigenvalue weighted by Gasteiger charge is 2.11. The number of benzene rings is 2. The topological polar surface area (TPSA) is 59.1 Å². The Morgan fingerprint density at radius 1 is 1.21 bits per heavy atom. The number of ether oxygens (including phenoxy) is 1. The fourth-order valence-corrected chi connectivity index (χ4v) is 1.75. The van der Waals surface area contributed by atoms with Crippen LogP contribution in [0.15, 0.2) is 48.5 Å². The molecule has 0 aliphatic heterocycles. The van der Waals surface area contributed by atoms with Gasteiger partial charge < -0.3 is 10.5 Å². The summed E-state index contributed by atoms with van der Waals surface area (Å²) >= 11 is 0. The molecule has 1 unspecified atom stereocenters. The standard InChI is InChI=1S/C15H15FN2O/c1-10(11-5-3-2-4-6-11)19-14-8-7-12(15(17)18)9-13(14)16/h2-10H,1H3,(H3,17,18). The molecule has 2 aromatic rings. The first-order chi connectivity index (χ1) is 9.08. The van der Waals surface area contributed by atoms with Crippen LogP contribution in [-0.2, 0) is 0 Å². The second kappa shape index (κ2) is 5.52. The van der Waals surface area contributed by atoms with E-state index in [9.17, 15) is 4.39 Å². The molecule has 0 bridgehead atoms. The van der Waals surface area contributed by atoms with Crippen LogP contribution in [0.3, 0.4) is 0 Å². The predicted octanol–water partition coefficient (Wildman–Crippen LogP) is 3.25. The molecule has 2 aromatic carbocycles. The van der Waals surface area contributed by atoms with E-state index in [0.717, 1.165) is 5.56 Å². The van der Waals surface area contributed by atoms with Gasteiger partial charge in [0.15, 0.2) is 11.6 Å². The summed E-state index contributed by atoms with van der Waals surface area (Å²) in [5.41, 5.74) is 6.62. The highest BCUT2D eigenvalue weighted by atomic mass is 19.1. The highest BCUT2D eigenvalue weighted by Crippen LogP contribution is 2.24. The van der Waals surface area contributed by atoms with Crippen molar-refractivity contribution in [1.29, 1.82) is 5.41 Å². The molecule has 0 aromatic heterocycles. The summed E-state index contributed by atoms with van der Waals surface area (Å²) < 4.78 is 19.4. The van der Waals surface area contributed by atoms with Crippen molar-refractivity contribution in [3.8, 4) is 5.75 Å². The summed E-state index contributed by atoms with van der Waals surface area (Å²) in [6, 6.07) is 13.8. The number of nitrogens with two attached hydrogens (primary N) is 1. The third kappa shape index (κ3) is 3.10. The number of halogens is 1. The molecule has 1 atom stereocenters. The third-order valence-corrected chi connectivity index (χ3v) is 2.82. The Labute approximate surface area is 111 Å². The van der Waals surface area contributed by atoms with Crippen LogP contribution in [0, 0.1) is 11.2 Å². The van der Waals surface area contributed by atoms with Crippen molar-refractivity contribution in [2.45, 2.75) is 13.0 Å². The SMILES string of the molecule is CC(Oc1ccc(C(=N)N)cc1F)c1ccccc1. The molecule has 0 fully saturated rings. The first kappa shape index (κ1) is 13.1. The molecule has 0 aliphatic carbocycles. The van der Waals surface area contributed by atoms with Gasteiger partial charge in [-0.1, -0.05) is 30.3 Å². The van der Waals surface area contributed by atoms with E-state index < -0.39 is 5.82 Å². The quantitative estimate of drug-likeness (QED) is 0.653. The number of nitrogen functional groups attached to an aromatic ring is 1. The molecule has 19 heavy (non-hydrogen) atoms. The molecule has 0 heterocycles. The molecule has 0 aliphatic rings. The zero-order valence-electron chi connectivity index (χ0n) is 10.6. The lowest BCUT2D eigenvalue weighted by Crippen LogP contribution is -2.11. The van der Waals surface area contributed by atoms with Crippen LogP contribution in [0.2, 0.25) is 0 Å². The molecule has 0 saturated carbocycles. The predicted molar refractivity (Wildman–Crippen MR) is 72.9 cm³/mol. The Morgan fingerprint density at radius 2 is 1.89 bits per heavy atom. The molecule has 2 rings (SSSR count). The third-order valence-electron chi connectivity index (χ3n) is 2.82. The maximum atomic E-state index is 13.8. The van der Waals surface area contributed by atoms with Gasteiger partial charge >= 0.3 is 0 Å². The largest absolute Gasteiger partial charge is 0.483 e. The van der Waals surface area contributed by atoms with E-state index in [-0.39, 0.29) is 17.7 Å². The zero-order valence-corrected chi connectivity index (χ0v) is 10.6. The summed E-state index contributed by atoms with van der Waals surface area (Å²) in [5, 5.41) is 7.25. The van der Waals surface area contributed by atoms with Crippen molar-refractivity contribution in [3.05, 3.63) is 65.5 Å². The lowest BCUT2D eigenvalue weighted by atomic mass is 10.1. The molecule has 0 radical (unpaired) electrons. The number of nitrogens with one attached hydrogen (secondary N) is 1. The molecule has 98 valence electrons. The van der Waals surface area contributed by atoms with Gasteiger partial charge in [0.05, 0.1) is 0 Å². The number of rotatable bonds is 4. The van der Waals surface area contributed by atoms with E-state index in [4.69, 9.17) is 15.9 Å². The van der Waals surface area contributed by atoms with E-state index in [0.29, 0.717) is 5.56 Å². The first-order valence-corrected chi connectivity index (χ1v) is 5.93. The van der Waals surface area contributed by atoms with Crippen LogP contribution in [0.25, 0.3) is 0 Å². The minimum absolute atomic E-state index is 0.154. The minimum Gasteiger partial charge on any atom is -0.483 e. The van der Waals surface area contributed by atoms with E-state index in [2.05, 4.69) is 0 Å². The molecule has 4 heteroatoms. The van der Waals surface area contributed by atoms with E-state index >= 15 is 0 Å². The smallest absolute Gasteiger partial charge is 0.165 e. The highest BCUT2D eigenvalue weighted by molar-refractivity contribution is 5.95. The fraction of sp³-hybridized carbons (Fsp3) is 0.133. The van der Waals surface area contributed by atoms with Gasteiger partial charge in [-0.3, -0.25) is 5.41 Å². The zero-order chi connectivity index (χ0) is 13.8. The monoisotopic (exact) mass is 258 g/mol. The molecule has 3 N–H and O–H groups in total. The van der Waals surface area contributed by atoms with Crippen molar-refractivity contribution in [3.63, 3.8) is 0 Å². The minimum atomic E-state index is -0.518. The van der Waals surface area contributed by atoms with Crippen LogP contribution in [-0.4, -0.2) is 5.84 Å². The molecular formula is C15H15FN2O. The molecule has 0 amide bonds. The maximum absolute atomic E-state index is 13.8. The first-order valence-electron chi connectivity index (χ1n) is 5.93. The van der Waals surface area contributed by atoms with Crippen molar-refractivity contribution in [2.24, 2.45) is 5.73 Å². The van der Waals surface area contributed by atoms with Crippen LogP contribution < -0.4 is 10.5 Å². The van der Waals surface area contributed by atoms with E-state index in [1.54, 1.807) is 6.07 Å². The van der Waals surface area contributed by atoms with Crippen LogP contribution >= 0.6 is 0 Å². The fourth-order valence-electron chi connectivity index (χ4n) is 1.75. The van der Waals surface area contributed by atoms with Crippen molar-refractivity contribution < 1.29 is 9.13 Å². The van der Waals surface area contributed by atoms with Gasteiger partial charge in [0.2, 0.25) is 0 Å². The Bertz CT molecular complexity index is 584. The Morgan fingerprint density at radius 3 is 2.47 bits per heavy atom. The normalized spacial score (nSPS) is 11.9. The van der Waals surface area contributed by atoms with Gasteiger partial charge in [-0.25, -0.2) is 4.39 Å². The number of hydrogen-bond acceptors (Lipinski definition) is 2. The molecule has 0 spiro atoms. The Balaban J connectivity index is 2.18. The van der Waals surface area contributed by atoms with Crippen molar-refractivity contribution >= 4 is 5.84 Å². The summed E-state index contributed by atoms with van der Waals surface area (Å²) in [6.07, 6.45) is -0.251. The summed E-state index contributed by atoms with van der Waals surface area (Å²) in [4.78, 5) is 0. The number of hydrogen-bond donors (Lipinski definition) is 2. The van der Waals surface area contributed by atoms with Crippen molar-refractivity contribution in [1.82, 2.24) is 0 Å². The van der Waals surface area contributed by atoms with Gasteiger partial charge in [0.25, 0.3) is 0 Å². The van der Waals surface area contributed by atoms with Gasteiger partial charge in [0.1, 0.15) is 11.9 Å². The maximum Gasteiger partial charge on any atom is 0.165 e. The van der Waals surface area contributed by atoms with Crippen LogP contribution in [0.5, 0.6) is 5.75 Å². The molecular weight excluding hydrogens is 243 g/mol. The van der Waals surface area contributed by atoms with Gasteiger partial charge in [-0.05, 0) is 30.7 Å². The second-order valence-electron chi connectivity index (χ2n) is 4.23. The van der Waals surface area contributed by atoms with Gasteiger partial charge in [0, 0.05) is 5.56 Å². The molecule has 0 saturated heterocycles. The van der Waals surface area contributed by atoms with Crippen LogP contribution in [0.4, 0.5) is 4.39 Å². The second-order valence-corrected chi connectivity index (χ2v) is 4.23. The summed E-state index contributed by atoms with van der Waals surface area (Å²) in [6.45, 7) is 1.85. The lowest BCUT2D eigenvalue weighted by Gasteiger charge is -2.15.